The third-order valence-corrected chi connectivity index (χ3v) is 6.20. The number of guanidine groups is 1. The summed E-state index contributed by atoms with van der Waals surface area (Å²) in [6.45, 7) is 7.24. The zero-order chi connectivity index (χ0) is 30.1. The van der Waals surface area contributed by atoms with Gasteiger partial charge in [-0.2, -0.15) is 4.99 Å². The van der Waals surface area contributed by atoms with E-state index in [1.54, 1.807) is 12.1 Å². The quantitative estimate of drug-likeness (QED) is 0.0733. The van der Waals surface area contributed by atoms with E-state index in [0.29, 0.717) is 11.1 Å². The van der Waals surface area contributed by atoms with Crippen molar-refractivity contribution in [2.45, 2.75) is 13.1 Å². The molecule has 1 atom stereocenters. The number of amides is 2. The van der Waals surface area contributed by atoms with Crippen LogP contribution in [-0.4, -0.2) is 62.4 Å². The zero-order valence-electron chi connectivity index (χ0n) is 22.0. The maximum atomic E-state index is 14.2. The molecule has 0 bridgehead atoms. The average molecular weight is 586 g/mol. The van der Waals surface area contributed by atoms with Gasteiger partial charge in [0.15, 0.2) is 11.6 Å². The predicted octanol–water partition coefficient (Wildman–Crippen LogP) is 2.12. The predicted molar refractivity (Wildman–Crippen MR) is 156 cm³/mol. The van der Waals surface area contributed by atoms with Gasteiger partial charge in [-0.1, -0.05) is 25.3 Å². The number of hydrogen-bond acceptors (Lipinski definition) is 8. The lowest BCUT2D eigenvalue weighted by molar-refractivity contribution is 0.197. The number of aromatic nitrogens is 1. The van der Waals surface area contributed by atoms with E-state index in [1.807, 2.05) is 0 Å². The van der Waals surface area contributed by atoms with Crippen molar-refractivity contribution in [2.24, 2.45) is 4.99 Å². The number of rotatable bonds is 12. The number of H-pyrrole nitrogens is 1. The summed E-state index contributed by atoms with van der Waals surface area (Å²) in [5.41, 5.74) is 0.462. The normalized spacial score (nSPS) is 14.2. The van der Waals surface area contributed by atoms with Crippen molar-refractivity contribution in [3.63, 3.8) is 0 Å². The summed E-state index contributed by atoms with van der Waals surface area (Å²) < 4.78 is 28.1. The van der Waals surface area contributed by atoms with Crippen LogP contribution < -0.4 is 21.5 Å². The summed E-state index contributed by atoms with van der Waals surface area (Å²) in [4.78, 5) is 34.4. The molecule has 0 saturated heterocycles. The number of carbonyl (C=O) groups excluding carboxylic acids is 1. The molecule has 14 heteroatoms. The molecule has 1 aliphatic heterocycles. The first-order valence-electron chi connectivity index (χ1n) is 12.2. The van der Waals surface area contributed by atoms with Gasteiger partial charge in [0.2, 0.25) is 5.96 Å². The minimum absolute atomic E-state index is 0.00327. The van der Waals surface area contributed by atoms with Crippen LogP contribution >= 0.6 is 9.24 Å². The van der Waals surface area contributed by atoms with Crippen molar-refractivity contribution in [1.82, 2.24) is 25.4 Å². The molecule has 0 radical (unpaired) electrons. The van der Waals surface area contributed by atoms with Crippen molar-refractivity contribution in [1.29, 1.82) is 5.41 Å². The Kier molecular flexibility index (Phi) is 10.7. The van der Waals surface area contributed by atoms with Gasteiger partial charge in [0.05, 0.1) is 32.0 Å². The van der Waals surface area contributed by atoms with Gasteiger partial charge in [-0.25, -0.2) is 13.6 Å². The van der Waals surface area contributed by atoms with Gasteiger partial charge in [0.25, 0.3) is 5.56 Å². The molecule has 2 amide bonds. The first kappa shape index (κ1) is 30.9. The molecule has 11 nitrogen and oxygen atoms in total. The molecule has 1 aromatic carbocycles. The number of hydrogen-bond donors (Lipinski definition) is 6. The van der Waals surface area contributed by atoms with Crippen molar-refractivity contribution in [3.8, 4) is 0 Å². The molecule has 0 fully saturated rings. The van der Waals surface area contributed by atoms with Crippen LogP contribution in [0.5, 0.6) is 0 Å². The molecule has 3 rings (SSSR count). The topological polar surface area (TPSA) is 157 Å². The van der Waals surface area contributed by atoms with E-state index >= 15 is 0 Å². The molecule has 216 valence electrons. The molecule has 1 aromatic heterocycles. The monoisotopic (exact) mass is 585 g/mol. The Balaban J connectivity index is 1.88. The van der Waals surface area contributed by atoms with Crippen LogP contribution in [0.3, 0.4) is 0 Å². The molecule has 2 aromatic rings. The Morgan fingerprint density at radius 1 is 1.24 bits per heavy atom. The van der Waals surface area contributed by atoms with Crippen LogP contribution in [0, 0.1) is 17.0 Å². The highest BCUT2D eigenvalue weighted by atomic mass is 31.0. The van der Waals surface area contributed by atoms with E-state index in [9.17, 15) is 23.5 Å². The van der Waals surface area contributed by atoms with Crippen LogP contribution in [0.1, 0.15) is 11.1 Å². The minimum atomic E-state index is -1.07. The van der Waals surface area contributed by atoms with Crippen LogP contribution in [0.25, 0.3) is 0 Å². The van der Waals surface area contributed by atoms with E-state index in [0.717, 1.165) is 17.0 Å². The van der Waals surface area contributed by atoms with E-state index in [4.69, 9.17) is 10.5 Å². The number of aliphatic imine (C=N–C) groups is 1. The van der Waals surface area contributed by atoms with Crippen molar-refractivity contribution in [2.75, 3.05) is 19.7 Å². The summed E-state index contributed by atoms with van der Waals surface area (Å²) in [6.07, 6.45) is 5.48. The van der Waals surface area contributed by atoms with Crippen LogP contribution in [0.4, 0.5) is 13.6 Å². The molecule has 0 spiro atoms. The van der Waals surface area contributed by atoms with Gasteiger partial charge in [-0.15, -0.1) is 9.24 Å². The number of carbonyl (C=O) groups is 1. The zero-order valence-corrected chi connectivity index (χ0v) is 23.1. The average Bonchev–Trinajstić information content (AvgIpc) is 2.93. The first-order chi connectivity index (χ1) is 19.5. The summed E-state index contributed by atoms with van der Waals surface area (Å²) in [6, 6.07) is 4.80. The second-order valence-corrected chi connectivity index (χ2v) is 9.32. The Hall–Kier alpha value is -4.61. The summed E-state index contributed by atoms with van der Waals surface area (Å²) >= 11 is 0. The van der Waals surface area contributed by atoms with Gasteiger partial charge in [0.1, 0.15) is 11.6 Å². The van der Waals surface area contributed by atoms with Gasteiger partial charge >= 0.3 is 6.03 Å². The number of pyridine rings is 1. The number of benzene rings is 1. The van der Waals surface area contributed by atoms with E-state index in [1.165, 1.54) is 29.4 Å². The molecule has 6 N–H and O–H groups in total. The number of nitrogens with zero attached hydrogens (tertiary/aromatic N) is 3. The second kappa shape index (κ2) is 14.1. The van der Waals surface area contributed by atoms with Crippen LogP contribution in [0.15, 0.2) is 88.9 Å². The fraction of sp³-hybridized carbons (Fsp3) is 0.185. The highest BCUT2D eigenvalue weighted by Gasteiger charge is 2.31. The molecule has 2 heterocycles. The SMILES string of the molecule is C=C/C(=C/NCCO)C(=N)/C=C(/O)CNC1=NC(=O)N(Cc2ccc[nH]c2=O)C(=C)N1Cc1cc(F)c(F)c(P)c1. The molecule has 41 heavy (non-hydrogen) atoms. The number of allylic oxidation sites excluding steroid dienone is 3. The Morgan fingerprint density at radius 3 is 2.66 bits per heavy atom. The van der Waals surface area contributed by atoms with Crippen molar-refractivity contribution >= 4 is 32.2 Å². The third kappa shape index (κ3) is 7.96. The standard InChI is InChI=1S/C27H30F2N7O4P/c1-3-18(12-31-7-8-37)22(30)11-20(38)13-33-26-34-27(40)36(15-19-5-4-6-32-25(19)39)16(2)35(26)14-17-9-21(28)24(29)23(41)10-17/h3-6,9-12,30-31,37-38H,1-2,7-8,13-15,41H2,(H,32,39)(H,33,34,40)/b18-12-,20-11+,30-22?. The minimum Gasteiger partial charge on any atom is -0.510 e. The number of aliphatic hydroxyl groups is 2. The highest BCUT2D eigenvalue weighted by Crippen LogP contribution is 2.22. The van der Waals surface area contributed by atoms with E-state index in [2.05, 4.69) is 43.0 Å². The van der Waals surface area contributed by atoms with Gasteiger partial charge in [-0.05, 0) is 23.8 Å². The van der Waals surface area contributed by atoms with Crippen LogP contribution in [-0.2, 0) is 13.1 Å². The molecule has 0 saturated carbocycles. The lowest BCUT2D eigenvalue weighted by Gasteiger charge is -2.37. The Morgan fingerprint density at radius 2 is 2.00 bits per heavy atom. The second-order valence-electron chi connectivity index (χ2n) is 8.70. The molecule has 1 unspecified atom stereocenters. The van der Waals surface area contributed by atoms with Gasteiger partial charge < -0.3 is 31.2 Å². The number of nitrogens with one attached hydrogen (secondary N) is 4. The maximum absolute atomic E-state index is 14.2. The molecule has 1 aliphatic rings. The molecule has 0 aliphatic carbocycles. The maximum Gasteiger partial charge on any atom is 0.352 e. The number of aromatic amines is 1. The highest BCUT2D eigenvalue weighted by molar-refractivity contribution is 7.27. The molecular weight excluding hydrogens is 555 g/mol. The summed E-state index contributed by atoms with van der Waals surface area (Å²) in [5.74, 6) is -2.33. The lowest BCUT2D eigenvalue weighted by Crippen LogP contribution is -2.51. The third-order valence-electron chi connectivity index (χ3n) is 5.78. The van der Waals surface area contributed by atoms with Crippen molar-refractivity contribution in [3.05, 3.63) is 112 Å². The largest absolute Gasteiger partial charge is 0.510 e. The Bertz CT molecular complexity index is 1480. The van der Waals surface area contributed by atoms with E-state index in [-0.39, 0.29) is 66.9 Å². The van der Waals surface area contributed by atoms with Crippen molar-refractivity contribution < 1.29 is 23.8 Å². The molecular formula is C27H30F2N7O4P. The smallest absolute Gasteiger partial charge is 0.352 e. The van der Waals surface area contributed by atoms with E-state index < -0.39 is 23.2 Å². The Labute approximate surface area is 237 Å². The first-order valence-corrected chi connectivity index (χ1v) is 12.8. The number of aliphatic hydroxyl groups excluding tert-OH is 2. The lowest BCUT2D eigenvalue weighted by atomic mass is 10.1. The fourth-order valence-corrected chi connectivity index (χ4v) is 4.06. The number of halogens is 2. The van der Waals surface area contributed by atoms with Gasteiger partial charge in [0, 0.05) is 41.5 Å². The summed E-state index contributed by atoms with van der Waals surface area (Å²) in [5, 5.41) is 33.2. The number of urea groups is 1. The van der Waals surface area contributed by atoms with Crippen LogP contribution in [0.2, 0.25) is 0 Å². The van der Waals surface area contributed by atoms with Gasteiger partial charge in [-0.3, -0.25) is 14.6 Å². The fourth-order valence-electron chi connectivity index (χ4n) is 3.71. The summed E-state index contributed by atoms with van der Waals surface area (Å²) in [7, 11) is 2.11.